The summed E-state index contributed by atoms with van der Waals surface area (Å²) in [6.07, 6.45) is 1.44. The highest BCUT2D eigenvalue weighted by molar-refractivity contribution is 6.06. The van der Waals surface area contributed by atoms with E-state index in [2.05, 4.69) is 10.6 Å². The van der Waals surface area contributed by atoms with E-state index in [-0.39, 0.29) is 5.57 Å². The second-order valence-corrected chi connectivity index (χ2v) is 5.39. The number of benzene rings is 2. The zero-order valence-electron chi connectivity index (χ0n) is 14.4. The van der Waals surface area contributed by atoms with Crippen molar-refractivity contribution in [3.05, 3.63) is 71.4 Å². The summed E-state index contributed by atoms with van der Waals surface area (Å²) in [6.45, 7) is 5.06. The lowest BCUT2D eigenvalue weighted by molar-refractivity contribution is -0.112. The summed E-state index contributed by atoms with van der Waals surface area (Å²) in [5.41, 5.74) is 2.89. The van der Waals surface area contributed by atoms with E-state index in [1.807, 2.05) is 44.2 Å². The van der Waals surface area contributed by atoms with Gasteiger partial charge < -0.3 is 15.4 Å². The first-order valence-electron chi connectivity index (χ1n) is 8.06. The quantitative estimate of drug-likeness (QED) is 0.600. The summed E-state index contributed by atoms with van der Waals surface area (Å²) in [5, 5.41) is 14.9. The molecule has 0 fully saturated rings. The molecule has 0 unspecified atom stereocenters. The molecule has 0 saturated heterocycles. The van der Waals surface area contributed by atoms with Gasteiger partial charge in [-0.05, 0) is 49.2 Å². The van der Waals surface area contributed by atoms with E-state index in [0.717, 1.165) is 16.9 Å². The Bertz CT molecular complexity index is 789. The lowest BCUT2D eigenvalue weighted by Gasteiger charge is -2.08. The number of nitrogens with one attached hydrogen (secondary N) is 2. The van der Waals surface area contributed by atoms with Crippen LogP contribution >= 0.6 is 0 Å². The predicted octanol–water partition coefficient (Wildman–Crippen LogP) is 3.53. The van der Waals surface area contributed by atoms with Gasteiger partial charge in [-0.25, -0.2) is 0 Å². The van der Waals surface area contributed by atoms with E-state index < -0.39 is 5.91 Å². The summed E-state index contributed by atoms with van der Waals surface area (Å²) in [5.74, 6) is 0.278. The molecule has 0 heterocycles. The van der Waals surface area contributed by atoms with Crippen molar-refractivity contribution >= 4 is 11.6 Å². The number of rotatable bonds is 7. The van der Waals surface area contributed by atoms with Gasteiger partial charge in [0.1, 0.15) is 17.4 Å². The maximum absolute atomic E-state index is 12.2. The lowest BCUT2D eigenvalue weighted by Crippen LogP contribution is -2.16. The molecule has 2 N–H and O–H groups in total. The number of nitriles is 1. The molecule has 2 aromatic carbocycles. The molecule has 0 bridgehead atoms. The SMILES string of the molecule is CCOc1ccc(NC(=O)/C(C#N)=C\NCc2ccccc2C)cc1. The van der Waals surface area contributed by atoms with Crippen LogP contribution < -0.4 is 15.4 Å². The van der Waals surface area contributed by atoms with Crippen LogP contribution in [0.1, 0.15) is 18.1 Å². The van der Waals surface area contributed by atoms with Gasteiger partial charge in [-0.3, -0.25) is 4.79 Å². The fourth-order valence-corrected chi connectivity index (χ4v) is 2.22. The number of carbonyl (C=O) groups is 1. The topological polar surface area (TPSA) is 74.1 Å². The van der Waals surface area contributed by atoms with Gasteiger partial charge in [0.2, 0.25) is 0 Å². The highest BCUT2D eigenvalue weighted by Crippen LogP contribution is 2.16. The molecule has 5 nitrogen and oxygen atoms in total. The Morgan fingerprint density at radius 1 is 1.20 bits per heavy atom. The number of nitrogens with zero attached hydrogens (tertiary/aromatic N) is 1. The maximum Gasteiger partial charge on any atom is 0.267 e. The lowest BCUT2D eigenvalue weighted by atomic mass is 10.1. The van der Waals surface area contributed by atoms with E-state index in [1.54, 1.807) is 24.3 Å². The monoisotopic (exact) mass is 335 g/mol. The predicted molar refractivity (Wildman–Crippen MR) is 98.0 cm³/mol. The van der Waals surface area contributed by atoms with Crippen LogP contribution in [0.2, 0.25) is 0 Å². The van der Waals surface area contributed by atoms with Crippen LogP contribution in [-0.2, 0) is 11.3 Å². The number of carbonyl (C=O) groups excluding carboxylic acids is 1. The minimum Gasteiger partial charge on any atom is -0.494 e. The Morgan fingerprint density at radius 3 is 2.56 bits per heavy atom. The second-order valence-electron chi connectivity index (χ2n) is 5.39. The normalized spacial score (nSPS) is 10.7. The van der Waals surface area contributed by atoms with Crippen molar-refractivity contribution in [1.82, 2.24) is 5.32 Å². The van der Waals surface area contributed by atoms with Gasteiger partial charge in [0.05, 0.1) is 6.61 Å². The number of anilines is 1. The number of hydrogen-bond acceptors (Lipinski definition) is 4. The minimum absolute atomic E-state index is 0.0162. The molecular weight excluding hydrogens is 314 g/mol. The Balaban J connectivity index is 1.96. The zero-order chi connectivity index (χ0) is 18.1. The molecule has 2 rings (SSSR count). The van der Waals surface area contributed by atoms with E-state index in [9.17, 15) is 10.1 Å². The maximum atomic E-state index is 12.2. The molecule has 2 aromatic rings. The van der Waals surface area contributed by atoms with E-state index in [4.69, 9.17) is 4.74 Å². The van der Waals surface area contributed by atoms with Gasteiger partial charge in [-0.1, -0.05) is 24.3 Å². The average molecular weight is 335 g/mol. The molecule has 5 heteroatoms. The Hall–Kier alpha value is -3.26. The molecule has 0 saturated carbocycles. The first kappa shape index (κ1) is 18.1. The number of hydrogen-bond donors (Lipinski definition) is 2. The Labute approximate surface area is 147 Å². The van der Waals surface area contributed by atoms with Crippen molar-refractivity contribution in [3.63, 3.8) is 0 Å². The number of ether oxygens (including phenoxy) is 1. The highest BCUT2D eigenvalue weighted by atomic mass is 16.5. The average Bonchev–Trinajstić information content (AvgIpc) is 2.62. The first-order valence-corrected chi connectivity index (χ1v) is 8.06. The molecule has 25 heavy (non-hydrogen) atoms. The zero-order valence-corrected chi connectivity index (χ0v) is 14.4. The van der Waals surface area contributed by atoms with Crippen LogP contribution in [-0.4, -0.2) is 12.5 Å². The summed E-state index contributed by atoms with van der Waals surface area (Å²) in [4.78, 5) is 12.2. The molecular formula is C20H21N3O2. The van der Waals surface area contributed by atoms with Gasteiger partial charge in [0.25, 0.3) is 5.91 Å². The third-order valence-electron chi connectivity index (χ3n) is 3.59. The summed E-state index contributed by atoms with van der Waals surface area (Å²) < 4.78 is 5.35. The van der Waals surface area contributed by atoms with Crippen LogP contribution in [0.25, 0.3) is 0 Å². The molecule has 0 radical (unpaired) electrons. The molecule has 0 aromatic heterocycles. The van der Waals surface area contributed by atoms with Gasteiger partial charge >= 0.3 is 0 Å². The summed E-state index contributed by atoms with van der Waals surface area (Å²) in [7, 11) is 0. The third kappa shape index (κ3) is 5.40. The van der Waals surface area contributed by atoms with Crippen LogP contribution in [0.5, 0.6) is 5.75 Å². The number of aryl methyl sites for hydroxylation is 1. The Kier molecular flexibility index (Phi) is 6.61. The van der Waals surface area contributed by atoms with E-state index in [1.165, 1.54) is 6.20 Å². The van der Waals surface area contributed by atoms with E-state index in [0.29, 0.717) is 18.8 Å². The van der Waals surface area contributed by atoms with Gasteiger partial charge in [-0.15, -0.1) is 0 Å². The van der Waals surface area contributed by atoms with Crippen molar-refractivity contribution < 1.29 is 9.53 Å². The number of amides is 1. The third-order valence-corrected chi connectivity index (χ3v) is 3.59. The smallest absolute Gasteiger partial charge is 0.267 e. The fraction of sp³-hybridized carbons (Fsp3) is 0.200. The second kappa shape index (κ2) is 9.14. The van der Waals surface area contributed by atoms with Gasteiger partial charge in [0, 0.05) is 18.4 Å². The van der Waals surface area contributed by atoms with Gasteiger partial charge in [-0.2, -0.15) is 5.26 Å². The molecule has 0 aliphatic rings. The highest BCUT2D eigenvalue weighted by Gasteiger charge is 2.09. The summed E-state index contributed by atoms with van der Waals surface area (Å²) in [6, 6.07) is 16.9. The minimum atomic E-state index is -0.455. The van der Waals surface area contributed by atoms with Crippen molar-refractivity contribution in [3.8, 4) is 11.8 Å². The van der Waals surface area contributed by atoms with Crippen LogP contribution in [0.3, 0.4) is 0 Å². The van der Waals surface area contributed by atoms with Crippen LogP contribution in [0.4, 0.5) is 5.69 Å². The molecule has 0 aliphatic carbocycles. The van der Waals surface area contributed by atoms with Gasteiger partial charge in [0.15, 0.2) is 0 Å². The van der Waals surface area contributed by atoms with Crippen LogP contribution in [0, 0.1) is 18.3 Å². The van der Waals surface area contributed by atoms with Crippen molar-refractivity contribution in [2.75, 3.05) is 11.9 Å². The molecule has 0 aliphatic heterocycles. The van der Waals surface area contributed by atoms with E-state index >= 15 is 0 Å². The largest absolute Gasteiger partial charge is 0.494 e. The Morgan fingerprint density at radius 2 is 1.92 bits per heavy atom. The first-order chi connectivity index (χ1) is 12.1. The van der Waals surface area contributed by atoms with Crippen molar-refractivity contribution in [1.29, 1.82) is 5.26 Å². The van der Waals surface area contributed by atoms with Crippen molar-refractivity contribution in [2.45, 2.75) is 20.4 Å². The molecule has 1 amide bonds. The standard InChI is InChI=1S/C20H21N3O2/c1-3-25-19-10-8-18(9-11-19)23-20(24)17(12-21)14-22-13-16-7-5-4-6-15(16)2/h4-11,14,22H,3,13H2,1-2H3,(H,23,24)/b17-14-. The fourth-order valence-electron chi connectivity index (χ4n) is 2.22. The molecule has 0 spiro atoms. The molecule has 0 atom stereocenters. The molecule has 128 valence electrons. The summed E-state index contributed by atoms with van der Waals surface area (Å²) >= 11 is 0. The van der Waals surface area contributed by atoms with Crippen LogP contribution in [0.15, 0.2) is 60.3 Å². The van der Waals surface area contributed by atoms with Crippen molar-refractivity contribution in [2.24, 2.45) is 0 Å².